The molecule has 174 valence electrons. The van der Waals surface area contributed by atoms with Crippen LogP contribution in [-0.2, 0) is 4.79 Å². The van der Waals surface area contributed by atoms with Gasteiger partial charge in [0.15, 0.2) is 29.6 Å². The summed E-state index contributed by atoms with van der Waals surface area (Å²) in [5.74, 6) is 2.18. The minimum Gasteiger partial charge on any atom is -0.493 e. The lowest BCUT2D eigenvalue weighted by atomic mass is 10.1. The van der Waals surface area contributed by atoms with Gasteiger partial charge in [0.25, 0.3) is 5.91 Å². The van der Waals surface area contributed by atoms with Crippen molar-refractivity contribution in [2.75, 3.05) is 25.8 Å². The number of carbonyl (C=O) groups is 1. The number of nitrogens with one attached hydrogen (secondary N) is 2. The van der Waals surface area contributed by atoms with E-state index < -0.39 is 0 Å². The van der Waals surface area contributed by atoms with Crippen LogP contribution in [0.3, 0.4) is 0 Å². The van der Waals surface area contributed by atoms with Crippen LogP contribution in [0.5, 0.6) is 23.0 Å². The second-order valence-electron chi connectivity index (χ2n) is 7.59. The number of amides is 1. The summed E-state index contributed by atoms with van der Waals surface area (Å²) in [6.07, 6.45) is 1.70. The predicted molar refractivity (Wildman–Crippen MR) is 129 cm³/mol. The van der Waals surface area contributed by atoms with Crippen LogP contribution in [0.1, 0.15) is 11.4 Å². The second-order valence-corrected chi connectivity index (χ2v) is 7.59. The zero-order valence-corrected chi connectivity index (χ0v) is 18.7. The topological polar surface area (TPSA) is 118 Å². The molecule has 0 bridgehead atoms. The second kappa shape index (κ2) is 9.49. The van der Waals surface area contributed by atoms with Crippen LogP contribution in [0.25, 0.3) is 22.7 Å². The van der Waals surface area contributed by atoms with Crippen molar-refractivity contribution in [3.8, 4) is 29.1 Å². The summed E-state index contributed by atoms with van der Waals surface area (Å²) >= 11 is 0. The van der Waals surface area contributed by atoms with Crippen molar-refractivity contribution in [1.29, 1.82) is 5.26 Å². The number of aromatic amines is 1. The fourth-order valence-corrected chi connectivity index (χ4v) is 3.61. The normalized spacial score (nSPS) is 12.3. The summed E-state index contributed by atoms with van der Waals surface area (Å²) in [7, 11) is 1.51. The van der Waals surface area contributed by atoms with Crippen LogP contribution in [0, 0.1) is 11.3 Å². The van der Waals surface area contributed by atoms with Crippen molar-refractivity contribution in [3.05, 3.63) is 72.1 Å². The number of H-pyrrole nitrogens is 1. The Labute approximate surface area is 200 Å². The van der Waals surface area contributed by atoms with Gasteiger partial charge in [-0.2, -0.15) is 5.26 Å². The number of ether oxygens (including phenoxy) is 4. The van der Waals surface area contributed by atoms with E-state index in [2.05, 4.69) is 21.4 Å². The third-order valence-corrected chi connectivity index (χ3v) is 5.28. The van der Waals surface area contributed by atoms with Crippen molar-refractivity contribution in [2.45, 2.75) is 0 Å². The Morgan fingerprint density at radius 2 is 2.00 bits per heavy atom. The molecule has 1 aliphatic heterocycles. The number of aromatic nitrogens is 2. The number of imidazole rings is 1. The van der Waals surface area contributed by atoms with Crippen LogP contribution < -0.4 is 24.3 Å². The summed E-state index contributed by atoms with van der Waals surface area (Å²) in [6, 6.07) is 20.1. The van der Waals surface area contributed by atoms with E-state index in [9.17, 15) is 10.1 Å². The number of hydrogen-bond donors (Lipinski definition) is 2. The molecule has 0 spiro atoms. The highest BCUT2D eigenvalue weighted by atomic mass is 16.7. The molecule has 5 rings (SSSR count). The summed E-state index contributed by atoms with van der Waals surface area (Å²) in [5, 5.41) is 12.4. The first-order valence-corrected chi connectivity index (χ1v) is 10.7. The fourth-order valence-electron chi connectivity index (χ4n) is 3.61. The van der Waals surface area contributed by atoms with E-state index in [0.717, 1.165) is 16.6 Å². The van der Waals surface area contributed by atoms with Crippen molar-refractivity contribution >= 4 is 34.3 Å². The number of allylic oxidation sites excluding steroid dienone is 1. The molecule has 1 aromatic heterocycles. The minimum atomic E-state index is -0.341. The van der Waals surface area contributed by atoms with Gasteiger partial charge >= 0.3 is 0 Å². The van der Waals surface area contributed by atoms with E-state index in [-0.39, 0.29) is 19.3 Å². The smallest absolute Gasteiger partial charge is 0.262 e. The average molecular weight is 468 g/mol. The van der Waals surface area contributed by atoms with E-state index in [4.69, 9.17) is 18.9 Å². The van der Waals surface area contributed by atoms with Crippen LogP contribution in [0.2, 0.25) is 0 Å². The third-order valence-electron chi connectivity index (χ3n) is 5.28. The Morgan fingerprint density at radius 3 is 2.83 bits per heavy atom. The summed E-state index contributed by atoms with van der Waals surface area (Å²) in [4.78, 5) is 20.0. The average Bonchev–Trinajstić information content (AvgIpc) is 3.52. The van der Waals surface area contributed by atoms with Crippen LogP contribution in [0.4, 0.5) is 5.69 Å². The number of carbonyl (C=O) groups excluding carboxylic acids is 1. The van der Waals surface area contributed by atoms with Gasteiger partial charge in [-0.25, -0.2) is 4.98 Å². The molecule has 2 N–H and O–H groups in total. The van der Waals surface area contributed by atoms with E-state index >= 15 is 0 Å². The van der Waals surface area contributed by atoms with Gasteiger partial charge in [-0.05, 0) is 48.0 Å². The first kappa shape index (κ1) is 21.9. The maximum absolute atomic E-state index is 12.4. The maximum Gasteiger partial charge on any atom is 0.262 e. The van der Waals surface area contributed by atoms with E-state index in [0.29, 0.717) is 40.1 Å². The number of para-hydroxylation sites is 2. The zero-order valence-electron chi connectivity index (χ0n) is 18.7. The molecule has 9 heteroatoms. The SMILES string of the molecule is COc1cc(C=C(C#N)c2nc3ccccc3[nH]2)ccc1OCC(=O)Nc1ccc2c(c1)OCO2. The highest BCUT2D eigenvalue weighted by Gasteiger charge is 2.15. The Bertz CT molecular complexity index is 1450. The molecule has 0 unspecified atom stereocenters. The molecule has 0 saturated heterocycles. The van der Waals surface area contributed by atoms with Gasteiger partial charge in [0.1, 0.15) is 11.9 Å². The number of nitrogens with zero attached hydrogens (tertiary/aromatic N) is 2. The minimum absolute atomic E-state index is 0.162. The lowest BCUT2D eigenvalue weighted by Crippen LogP contribution is -2.20. The number of rotatable bonds is 7. The molecule has 9 nitrogen and oxygen atoms in total. The molecule has 0 radical (unpaired) electrons. The fraction of sp³-hybridized carbons (Fsp3) is 0.115. The lowest BCUT2D eigenvalue weighted by Gasteiger charge is -2.12. The Kier molecular flexibility index (Phi) is 5.92. The highest BCUT2D eigenvalue weighted by molar-refractivity contribution is 5.92. The third kappa shape index (κ3) is 4.72. The number of methoxy groups -OCH3 is 1. The molecule has 1 aliphatic rings. The molecule has 0 saturated carbocycles. The van der Waals surface area contributed by atoms with Crippen molar-refractivity contribution in [3.63, 3.8) is 0 Å². The molecule has 4 aromatic rings. The molecule has 0 fully saturated rings. The molecule has 1 amide bonds. The van der Waals surface area contributed by atoms with Gasteiger partial charge in [0, 0.05) is 11.8 Å². The zero-order chi connectivity index (χ0) is 24.2. The summed E-state index contributed by atoms with van der Waals surface area (Å²) < 4.78 is 21.7. The largest absolute Gasteiger partial charge is 0.493 e. The number of anilines is 1. The molecular formula is C26H20N4O5. The monoisotopic (exact) mass is 468 g/mol. The van der Waals surface area contributed by atoms with Crippen LogP contribution in [0.15, 0.2) is 60.7 Å². The molecule has 0 aliphatic carbocycles. The van der Waals surface area contributed by atoms with E-state index in [1.807, 2.05) is 24.3 Å². The van der Waals surface area contributed by atoms with Crippen molar-refractivity contribution in [2.24, 2.45) is 0 Å². The molecule has 2 heterocycles. The molecular weight excluding hydrogens is 448 g/mol. The van der Waals surface area contributed by atoms with E-state index in [1.54, 1.807) is 42.5 Å². The molecule has 3 aromatic carbocycles. The van der Waals surface area contributed by atoms with Gasteiger partial charge in [-0.1, -0.05) is 18.2 Å². The van der Waals surface area contributed by atoms with Gasteiger partial charge in [0.05, 0.1) is 23.7 Å². The van der Waals surface area contributed by atoms with Crippen LogP contribution in [-0.4, -0.2) is 36.4 Å². The first-order valence-electron chi connectivity index (χ1n) is 10.7. The first-order chi connectivity index (χ1) is 17.1. The van der Waals surface area contributed by atoms with Crippen molar-refractivity contribution < 1.29 is 23.7 Å². The Hall–Kier alpha value is -4.97. The van der Waals surface area contributed by atoms with Crippen molar-refractivity contribution in [1.82, 2.24) is 9.97 Å². The van der Waals surface area contributed by atoms with Gasteiger partial charge in [-0.3, -0.25) is 4.79 Å². The number of nitriles is 1. The quantitative estimate of drug-likeness (QED) is 0.386. The Balaban J connectivity index is 1.28. The van der Waals surface area contributed by atoms with E-state index in [1.165, 1.54) is 7.11 Å². The number of hydrogen-bond acceptors (Lipinski definition) is 7. The predicted octanol–water partition coefficient (Wildman–Crippen LogP) is 4.38. The van der Waals surface area contributed by atoms with Gasteiger partial charge < -0.3 is 29.2 Å². The summed E-state index contributed by atoms with van der Waals surface area (Å²) in [5.41, 5.74) is 3.30. The standard InChI is InChI=1S/C26H20N4O5/c1-32-23-11-16(10-17(13-27)26-29-19-4-2-3-5-20(19)30-26)6-8-21(23)33-14-25(31)28-18-7-9-22-24(12-18)35-15-34-22/h2-12H,14-15H2,1H3,(H,28,31)(H,29,30). The number of fused-ring (bicyclic) bond motifs is 2. The van der Waals surface area contributed by atoms with Gasteiger partial charge in [-0.15, -0.1) is 0 Å². The summed E-state index contributed by atoms with van der Waals surface area (Å²) in [6.45, 7) is -0.0582. The lowest BCUT2D eigenvalue weighted by molar-refractivity contribution is -0.118. The molecule has 0 atom stereocenters. The van der Waals surface area contributed by atoms with Crippen LogP contribution >= 0.6 is 0 Å². The maximum atomic E-state index is 12.4. The highest BCUT2D eigenvalue weighted by Crippen LogP contribution is 2.34. The Morgan fingerprint density at radius 1 is 1.14 bits per heavy atom. The van der Waals surface area contributed by atoms with Gasteiger partial charge in [0.2, 0.25) is 6.79 Å². The number of benzene rings is 3. The molecule has 35 heavy (non-hydrogen) atoms.